The molecule has 3 rings (SSSR count). The number of carbonyl (C=O) groups excluding carboxylic acids is 1. The fraction of sp³-hybridized carbons (Fsp3) is 0.364. The average molecular weight is 508 g/mol. The molecular weight excluding hydrogens is 479 g/mol. The van der Waals surface area contributed by atoms with E-state index in [1.165, 1.54) is 11.1 Å². The minimum absolute atomic E-state index is 0. The summed E-state index contributed by atoms with van der Waals surface area (Å²) in [6, 6.07) is 16.2. The van der Waals surface area contributed by atoms with E-state index in [1.54, 1.807) is 7.05 Å². The quantitative estimate of drug-likeness (QED) is 0.317. The van der Waals surface area contributed by atoms with E-state index < -0.39 is 0 Å². The molecule has 1 atom stereocenters. The Balaban J connectivity index is 0.00000300. The molecular formula is C22H29IN4O2. The second kappa shape index (κ2) is 11.8. The molecule has 0 radical (unpaired) electrons. The molecule has 0 aliphatic carbocycles. The van der Waals surface area contributed by atoms with Crippen molar-refractivity contribution in [1.82, 2.24) is 10.6 Å². The smallest absolute Gasteiger partial charge is 0.253 e. The van der Waals surface area contributed by atoms with Gasteiger partial charge >= 0.3 is 0 Å². The van der Waals surface area contributed by atoms with Crippen LogP contribution in [0, 0.1) is 6.92 Å². The van der Waals surface area contributed by atoms with Gasteiger partial charge in [-0.3, -0.25) is 9.79 Å². The number of hydrogen-bond acceptors (Lipinski definition) is 3. The summed E-state index contributed by atoms with van der Waals surface area (Å²) in [6.45, 7) is 4.06. The van der Waals surface area contributed by atoms with E-state index in [9.17, 15) is 4.79 Å². The Hall–Kier alpha value is -2.13. The summed E-state index contributed by atoms with van der Waals surface area (Å²) in [5, 5.41) is 9.57. The van der Waals surface area contributed by atoms with Gasteiger partial charge in [-0.15, -0.1) is 24.0 Å². The van der Waals surface area contributed by atoms with E-state index in [0.717, 1.165) is 30.1 Å². The van der Waals surface area contributed by atoms with Crippen molar-refractivity contribution in [1.29, 1.82) is 0 Å². The van der Waals surface area contributed by atoms with Crippen LogP contribution in [0.1, 0.15) is 29.5 Å². The van der Waals surface area contributed by atoms with Gasteiger partial charge < -0.3 is 20.7 Å². The summed E-state index contributed by atoms with van der Waals surface area (Å²) < 4.78 is 5.43. The summed E-state index contributed by atoms with van der Waals surface area (Å²) in [7, 11) is 1.75. The molecule has 1 heterocycles. The van der Waals surface area contributed by atoms with Crippen molar-refractivity contribution in [3.63, 3.8) is 0 Å². The topological polar surface area (TPSA) is 74.8 Å². The number of aliphatic imine (C=N–C) groups is 1. The first-order chi connectivity index (χ1) is 13.6. The molecule has 1 unspecified atom stereocenters. The van der Waals surface area contributed by atoms with E-state index in [4.69, 9.17) is 4.74 Å². The first kappa shape index (κ1) is 23.2. The summed E-state index contributed by atoms with van der Waals surface area (Å²) in [6.07, 6.45) is 1.40. The highest BCUT2D eigenvalue weighted by Gasteiger charge is 2.23. The summed E-state index contributed by atoms with van der Waals surface area (Å²) in [5.41, 5.74) is 4.29. The third-order valence-electron chi connectivity index (χ3n) is 4.64. The number of anilines is 1. The van der Waals surface area contributed by atoms with Gasteiger partial charge in [-0.25, -0.2) is 0 Å². The highest BCUT2D eigenvalue weighted by Crippen LogP contribution is 2.16. The SMILES string of the molecule is CN=C(NCc1cccc(C)c1)NCc1cccc(NC(=O)C2CCCO2)c1.I. The number of carbonyl (C=O) groups is 1. The third kappa shape index (κ3) is 7.32. The average Bonchev–Trinajstić information content (AvgIpc) is 3.23. The maximum atomic E-state index is 12.2. The molecule has 0 saturated carbocycles. The maximum absolute atomic E-state index is 12.2. The molecule has 6 nitrogen and oxygen atoms in total. The Morgan fingerprint density at radius 1 is 1.10 bits per heavy atom. The number of nitrogens with one attached hydrogen (secondary N) is 3. The minimum atomic E-state index is -0.327. The molecule has 0 spiro atoms. The first-order valence-corrected chi connectivity index (χ1v) is 9.65. The summed E-state index contributed by atoms with van der Waals surface area (Å²) >= 11 is 0. The lowest BCUT2D eigenvalue weighted by Gasteiger charge is -2.14. The van der Waals surface area contributed by atoms with Crippen LogP contribution in [0.5, 0.6) is 0 Å². The second-order valence-corrected chi connectivity index (χ2v) is 6.96. The van der Waals surface area contributed by atoms with Crippen molar-refractivity contribution in [3.05, 3.63) is 65.2 Å². The van der Waals surface area contributed by atoms with Crippen molar-refractivity contribution in [2.24, 2.45) is 4.99 Å². The van der Waals surface area contributed by atoms with Crippen LogP contribution < -0.4 is 16.0 Å². The Bertz CT molecular complexity index is 835. The van der Waals surface area contributed by atoms with Crippen LogP contribution in [-0.4, -0.2) is 31.6 Å². The van der Waals surface area contributed by atoms with Crippen molar-refractivity contribution in [3.8, 4) is 0 Å². The Morgan fingerprint density at radius 3 is 2.41 bits per heavy atom. The van der Waals surface area contributed by atoms with Crippen LogP contribution in [0.15, 0.2) is 53.5 Å². The van der Waals surface area contributed by atoms with Crippen LogP contribution >= 0.6 is 24.0 Å². The number of ether oxygens (including phenoxy) is 1. The number of halogens is 1. The molecule has 2 aromatic carbocycles. The van der Waals surface area contributed by atoms with Crippen LogP contribution in [0.3, 0.4) is 0 Å². The Morgan fingerprint density at radius 2 is 1.79 bits per heavy atom. The Kier molecular flexibility index (Phi) is 9.40. The molecule has 2 aromatic rings. The number of guanidine groups is 1. The van der Waals surface area contributed by atoms with Gasteiger partial charge in [-0.2, -0.15) is 0 Å². The number of hydrogen-bond donors (Lipinski definition) is 3. The van der Waals surface area contributed by atoms with Gasteiger partial charge in [-0.05, 0) is 43.0 Å². The lowest BCUT2D eigenvalue weighted by molar-refractivity contribution is -0.124. The monoisotopic (exact) mass is 508 g/mol. The summed E-state index contributed by atoms with van der Waals surface area (Å²) in [5.74, 6) is 0.661. The van der Waals surface area contributed by atoms with E-state index in [1.807, 2.05) is 24.3 Å². The van der Waals surface area contributed by atoms with Crippen molar-refractivity contribution in [2.45, 2.75) is 39.0 Å². The molecule has 1 fully saturated rings. The normalized spacial score (nSPS) is 16.1. The summed E-state index contributed by atoms with van der Waals surface area (Å²) in [4.78, 5) is 16.5. The first-order valence-electron chi connectivity index (χ1n) is 9.65. The van der Waals surface area contributed by atoms with Gasteiger partial charge in [0.05, 0.1) is 0 Å². The molecule has 3 N–H and O–H groups in total. The molecule has 29 heavy (non-hydrogen) atoms. The van der Waals surface area contributed by atoms with Crippen LogP contribution in [0.2, 0.25) is 0 Å². The molecule has 156 valence electrons. The van der Waals surface area contributed by atoms with Gasteiger partial charge in [0.1, 0.15) is 6.10 Å². The standard InChI is InChI=1S/C22H28N4O2.HI/c1-16-6-3-7-17(12-16)14-24-22(23-2)25-15-18-8-4-9-19(13-18)26-21(27)20-10-5-11-28-20;/h3-4,6-9,12-13,20H,5,10-11,14-15H2,1-2H3,(H,26,27)(H2,23,24,25);1H. The van der Waals surface area contributed by atoms with Gasteiger partial charge in [-0.1, -0.05) is 42.0 Å². The molecule has 1 saturated heterocycles. The second-order valence-electron chi connectivity index (χ2n) is 6.96. The largest absolute Gasteiger partial charge is 0.368 e. The van der Waals surface area contributed by atoms with Crippen molar-refractivity contribution >= 4 is 41.5 Å². The fourth-order valence-electron chi connectivity index (χ4n) is 3.18. The lowest BCUT2D eigenvalue weighted by atomic mass is 10.1. The number of amides is 1. The van der Waals surface area contributed by atoms with Gasteiger partial charge in [0, 0.05) is 32.4 Å². The zero-order chi connectivity index (χ0) is 19.8. The molecule has 1 aliphatic rings. The Labute approximate surface area is 189 Å². The fourth-order valence-corrected chi connectivity index (χ4v) is 3.18. The molecule has 0 aromatic heterocycles. The molecule has 1 aliphatic heterocycles. The predicted octanol–water partition coefficient (Wildman–Crippen LogP) is 3.60. The van der Waals surface area contributed by atoms with E-state index >= 15 is 0 Å². The van der Waals surface area contributed by atoms with Crippen molar-refractivity contribution in [2.75, 3.05) is 19.0 Å². The van der Waals surface area contributed by atoms with Gasteiger partial charge in [0.2, 0.25) is 0 Å². The number of rotatable bonds is 6. The third-order valence-corrected chi connectivity index (χ3v) is 4.64. The van der Waals surface area contributed by atoms with E-state index in [-0.39, 0.29) is 36.0 Å². The zero-order valence-corrected chi connectivity index (χ0v) is 19.2. The lowest BCUT2D eigenvalue weighted by Crippen LogP contribution is -2.36. The van der Waals surface area contributed by atoms with Gasteiger partial charge in [0.25, 0.3) is 5.91 Å². The van der Waals surface area contributed by atoms with Gasteiger partial charge in [0.15, 0.2) is 5.96 Å². The minimum Gasteiger partial charge on any atom is -0.368 e. The van der Waals surface area contributed by atoms with E-state index in [0.29, 0.717) is 19.7 Å². The number of nitrogens with zero attached hydrogens (tertiary/aromatic N) is 1. The number of benzene rings is 2. The molecule has 7 heteroatoms. The van der Waals surface area contributed by atoms with Crippen LogP contribution in [-0.2, 0) is 22.6 Å². The molecule has 1 amide bonds. The zero-order valence-electron chi connectivity index (χ0n) is 16.9. The predicted molar refractivity (Wildman–Crippen MR) is 128 cm³/mol. The highest BCUT2D eigenvalue weighted by molar-refractivity contribution is 14.0. The number of aryl methyl sites for hydroxylation is 1. The van der Waals surface area contributed by atoms with Crippen LogP contribution in [0.4, 0.5) is 5.69 Å². The molecule has 0 bridgehead atoms. The van der Waals surface area contributed by atoms with Crippen molar-refractivity contribution < 1.29 is 9.53 Å². The van der Waals surface area contributed by atoms with E-state index in [2.05, 4.69) is 52.1 Å². The highest BCUT2D eigenvalue weighted by atomic mass is 127. The van der Waals surface area contributed by atoms with Crippen LogP contribution in [0.25, 0.3) is 0 Å². The maximum Gasteiger partial charge on any atom is 0.253 e.